The van der Waals surface area contributed by atoms with Crippen molar-refractivity contribution in [1.82, 2.24) is 14.9 Å². The van der Waals surface area contributed by atoms with Gasteiger partial charge in [0.1, 0.15) is 5.82 Å². The third-order valence-corrected chi connectivity index (χ3v) is 5.38. The van der Waals surface area contributed by atoms with Crippen molar-refractivity contribution in [2.75, 3.05) is 7.05 Å². The van der Waals surface area contributed by atoms with Crippen LogP contribution < -0.4 is 5.73 Å². The number of hydrogen-bond acceptors (Lipinski definition) is 6. The third kappa shape index (κ3) is 3.02. The van der Waals surface area contributed by atoms with E-state index in [-0.39, 0.29) is 22.8 Å². The molecule has 1 aliphatic rings. The van der Waals surface area contributed by atoms with Gasteiger partial charge in [0, 0.05) is 24.2 Å². The topological polar surface area (TPSA) is 84.5 Å². The Kier molecular flexibility index (Phi) is 4.57. The number of nitrogens with zero attached hydrogens (tertiary/aromatic N) is 4. The Morgan fingerprint density at radius 1 is 1.17 bits per heavy atom. The molecule has 0 spiro atoms. The number of alkyl halides is 3. The number of nitrogens with two attached hydrogens (primary N) is 1. The molecule has 6 nitrogen and oxygen atoms in total. The number of amides is 1. The lowest BCUT2D eigenvalue weighted by Gasteiger charge is -2.26. The van der Waals surface area contributed by atoms with E-state index < -0.39 is 29.0 Å². The second-order valence-electron chi connectivity index (χ2n) is 6.54. The average Bonchev–Trinajstić information content (AvgIpc) is 3.32. The number of carbonyl (C=O) groups excluding carboxylic acids is 1. The van der Waals surface area contributed by atoms with Gasteiger partial charge in [-0.3, -0.25) is 14.7 Å². The van der Waals surface area contributed by atoms with E-state index in [9.17, 15) is 22.4 Å². The minimum Gasteiger partial charge on any atom is -0.369 e. The fraction of sp³-hybridized carbons (Fsp3) is 0.158. The minimum absolute atomic E-state index is 0.0798. The third-order valence-electron chi connectivity index (χ3n) is 4.79. The van der Waals surface area contributed by atoms with Gasteiger partial charge in [0.25, 0.3) is 5.91 Å². The normalized spacial score (nSPS) is 19.3. The molecular weight excluding hydrogens is 422 g/mol. The second-order valence-corrected chi connectivity index (χ2v) is 7.26. The molecule has 1 aromatic carbocycles. The van der Waals surface area contributed by atoms with Crippen molar-refractivity contribution in [3.8, 4) is 11.3 Å². The van der Waals surface area contributed by atoms with E-state index in [1.165, 1.54) is 36.0 Å². The summed E-state index contributed by atoms with van der Waals surface area (Å²) in [4.78, 5) is 26.5. The van der Waals surface area contributed by atoms with Crippen LogP contribution in [0.3, 0.4) is 0 Å². The van der Waals surface area contributed by atoms with Crippen LogP contribution in [-0.2, 0) is 16.5 Å². The number of aliphatic imine (C=N–C) groups is 1. The zero-order chi connectivity index (χ0) is 21.7. The standard InChI is InChI=1S/C19H13F4N5OS/c1-28-16(29)18(27-17(28)24,15-7-11(4-5-25-15)19(21,22)23)10-2-3-13(20)12(6-10)14-8-30-9-26-14/h2-9H,1H3,(H2,24,27). The molecule has 4 rings (SSSR count). The summed E-state index contributed by atoms with van der Waals surface area (Å²) in [7, 11) is 1.35. The number of benzene rings is 1. The first-order valence-electron chi connectivity index (χ1n) is 8.50. The van der Waals surface area contributed by atoms with Gasteiger partial charge in [-0.05, 0) is 29.8 Å². The molecule has 1 unspecified atom stereocenters. The number of hydrogen-bond donors (Lipinski definition) is 1. The molecule has 30 heavy (non-hydrogen) atoms. The highest BCUT2D eigenvalue weighted by atomic mass is 32.1. The van der Waals surface area contributed by atoms with Gasteiger partial charge in [-0.1, -0.05) is 6.07 Å². The van der Waals surface area contributed by atoms with Crippen LogP contribution in [0.2, 0.25) is 0 Å². The largest absolute Gasteiger partial charge is 0.416 e. The SMILES string of the molecule is CN1C(=O)C(c2ccc(F)c(-c3cscn3)c2)(c2cc(C(F)(F)F)ccn2)N=C1N. The van der Waals surface area contributed by atoms with Crippen LogP contribution in [0.1, 0.15) is 16.8 Å². The first-order chi connectivity index (χ1) is 14.1. The fourth-order valence-electron chi connectivity index (χ4n) is 3.24. The highest BCUT2D eigenvalue weighted by Crippen LogP contribution is 2.41. The molecule has 0 saturated heterocycles. The molecule has 2 aromatic heterocycles. The van der Waals surface area contributed by atoms with Crippen molar-refractivity contribution >= 4 is 23.2 Å². The summed E-state index contributed by atoms with van der Waals surface area (Å²) >= 11 is 1.24. The second kappa shape index (κ2) is 6.87. The summed E-state index contributed by atoms with van der Waals surface area (Å²) in [6.45, 7) is 0. The van der Waals surface area contributed by atoms with Crippen molar-refractivity contribution in [2.24, 2.45) is 10.7 Å². The maximum Gasteiger partial charge on any atom is 0.416 e. The molecule has 0 bridgehead atoms. The summed E-state index contributed by atoms with van der Waals surface area (Å²) in [6, 6.07) is 5.26. The Morgan fingerprint density at radius 2 is 1.93 bits per heavy atom. The number of halogens is 4. The Balaban J connectivity index is 1.99. The van der Waals surface area contributed by atoms with Gasteiger partial charge in [0.15, 0.2) is 5.96 Å². The summed E-state index contributed by atoms with van der Waals surface area (Å²) in [5.41, 5.74) is 4.60. The maximum atomic E-state index is 14.5. The zero-order valence-corrected chi connectivity index (χ0v) is 16.1. The van der Waals surface area contributed by atoms with Crippen molar-refractivity contribution in [1.29, 1.82) is 0 Å². The molecule has 1 aliphatic heterocycles. The van der Waals surface area contributed by atoms with Gasteiger partial charge in [0.2, 0.25) is 5.54 Å². The Labute approximate surface area is 171 Å². The van der Waals surface area contributed by atoms with Gasteiger partial charge in [-0.2, -0.15) is 13.2 Å². The molecule has 3 heterocycles. The van der Waals surface area contributed by atoms with E-state index in [1.807, 2.05) is 0 Å². The van der Waals surface area contributed by atoms with Crippen molar-refractivity contribution < 1.29 is 22.4 Å². The molecule has 0 aliphatic carbocycles. The monoisotopic (exact) mass is 435 g/mol. The molecule has 3 aromatic rings. The highest BCUT2D eigenvalue weighted by molar-refractivity contribution is 7.07. The van der Waals surface area contributed by atoms with E-state index in [1.54, 1.807) is 5.38 Å². The molecule has 0 saturated carbocycles. The van der Waals surface area contributed by atoms with Gasteiger partial charge in [-0.25, -0.2) is 14.4 Å². The number of carbonyl (C=O) groups is 1. The lowest BCUT2D eigenvalue weighted by atomic mass is 9.84. The average molecular weight is 435 g/mol. The van der Waals surface area contributed by atoms with Crippen LogP contribution in [0, 0.1) is 5.82 Å². The zero-order valence-electron chi connectivity index (χ0n) is 15.3. The predicted molar refractivity (Wildman–Crippen MR) is 102 cm³/mol. The van der Waals surface area contributed by atoms with E-state index in [2.05, 4.69) is 15.0 Å². The number of pyridine rings is 1. The van der Waals surface area contributed by atoms with E-state index in [0.29, 0.717) is 5.69 Å². The van der Waals surface area contributed by atoms with Gasteiger partial charge in [-0.15, -0.1) is 11.3 Å². The smallest absolute Gasteiger partial charge is 0.369 e. The van der Waals surface area contributed by atoms with Crippen molar-refractivity contribution in [2.45, 2.75) is 11.7 Å². The van der Waals surface area contributed by atoms with Gasteiger partial charge in [0.05, 0.1) is 22.5 Å². The predicted octanol–water partition coefficient (Wildman–Crippen LogP) is 3.39. The maximum absolute atomic E-state index is 14.5. The lowest BCUT2D eigenvalue weighted by Crippen LogP contribution is -2.41. The van der Waals surface area contributed by atoms with Crippen LogP contribution in [0.4, 0.5) is 17.6 Å². The Morgan fingerprint density at radius 3 is 2.53 bits per heavy atom. The van der Waals surface area contributed by atoms with E-state index in [4.69, 9.17) is 5.73 Å². The molecule has 0 fully saturated rings. The molecule has 11 heteroatoms. The van der Waals surface area contributed by atoms with Crippen LogP contribution in [-0.4, -0.2) is 33.8 Å². The summed E-state index contributed by atoms with van der Waals surface area (Å²) in [5.74, 6) is -1.51. The van der Waals surface area contributed by atoms with Gasteiger partial charge < -0.3 is 5.73 Å². The van der Waals surface area contributed by atoms with Crippen molar-refractivity contribution in [3.63, 3.8) is 0 Å². The molecule has 2 N–H and O–H groups in total. The molecule has 1 amide bonds. The fourth-order valence-corrected chi connectivity index (χ4v) is 3.79. The van der Waals surface area contributed by atoms with E-state index >= 15 is 0 Å². The Hall–Kier alpha value is -3.34. The number of likely N-dealkylation sites (N-methyl/N-ethyl adjacent to an activating group) is 1. The minimum atomic E-state index is -4.66. The van der Waals surface area contributed by atoms with Crippen LogP contribution in [0.15, 0.2) is 52.4 Å². The van der Waals surface area contributed by atoms with Crippen LogP contribution in [0.5, 0.6) is 0 Å². The number of aromatic nitrogens is 2. The quantitative estimate of drug-likeness (QED) is 0.640. The van der Waals surface area contributed by atoms with Gasteiger partial charge >= 0.3 is 6.18 Å². The van der Waals surface area contributed by atoms with Crippen molar-refractivity contribution in [3.05, 3.63) is 70.1 Å². The number of guanidine groups is 1. The molecular formula is C19H13F4N5OS. The lowest BCUT2D eigenvalue weighted by molar-refractivity contribution is -0.138. The van der Waals surface area contributed by atoms with Crippen LogP contribution in [0.25, 0.3) is 11.3 Å². The van der Waals surface area contributed by atoms with Crippen LogP contribution >= 0.6 is 11.3 Å². The summed E-state index contributed by atoms with van der Waals surface area (Å²) in [5, 5.41) is 1.61. The Bertz CT molecular complexity index is 1160. The highest BCUT2D eigenvalue weighted by Gasteiger charge is 2.51. The number of thiazole rings is 1. The first-order valence-corrected chi connectivity index (χ1v) is 9.44. The summed E-state index contributed by atoms with van der Waals surface area (Å²) in [6.07, 6.45) is -3.71. The number of rotatable bonds is 3. The van der Waals surface area contributed by atoms with E-state index in [0.717, 1.165) is 29.3 Å². The molecule has 154 valence electrons. The molecule has 1 atom stereocenters. The summed E-state index contributed by atoms with van der Waals surface area (Å²) < 4.78 is 54.3. The molecule has 0 radical (unpaired) electrons. The first kappa shape index (κ1) is 20.0.